The van der Waals surface area contributed by atoms with Crippen LogP contribution in [0.3, 0.4) is 0 Å². The second-order valence-corrected chi connectivity index (χ2v) is 10.8. The molecular formula is C24H27ClN4O3S. The average Bonchev–Trinajstić information content (AvgIpc) is 3.24. The van der Waals surface area contributed by atoms with Gasteiger partial charge in [-0.05, 0) is 60.7 Å². The molecule has 4 rings (SSSR count). The topological polar surface area (TPSA) is 84.3 Å². The van der Waals surface area contributed by atoms with Gasteiger partial charge in [0.15, 0.2) is 0 Å². The lowest BCUT2D eigenvalue weighted by atomic mass is 10.0. The van der Waals surface area contributed by atoms with Gasteiger partial charge in [-0.25, -0.2) is 13.4 Å². The van der Waals surface area contributed by atoms with Crippen molar-refractivity contribution in [2.45, 2.75) is 30.7 Å². The highest BCUT2D eigenvalue weighted by molar-refractivity contribution is 7.89. The Bertz CT molecular complexity index is 1220. The van der Waals surface area contributed by atoms with Crippen LogP contribution in [-0.2, 0) is 17.1 Å². The van der Waals surface area contributed by atoms with Gasteiger partial charge in [0.2, 0.25) is 10.0 Å². The van der Waals surface area contributed by atoms with Crippen molar-refractivity contribution in [3.05, 3.63) is 82.9 Å². The van der Waals surface area contributed by atoms with Gasteiger partial charge in [-0.2, -0.15) is 4.31 Å². The van der Waals surface area contributed by atoms with Crippen LogP contribution in [0.25, 0.3) is 0 Å². The molecule has 2 heterocycles. The van der Waals surface area contributed by atoms with Gasteiger partial charge in [-0.3, -0.25) is 4.79 Å². The number of hydrogen-bond donors (Lipinski definition) is 1. The second kappa shape index (κ2) is 9.67. The predicted molar refractivity (Wildman–Crippen MR) is 128 cm³/mol. The number of sulfonamides is 1. The first-order valence-corrected chi connectivity index (χ1v) is 12.7. The smallest absolute Gasteiger partial charge is 0.252 e. The number of carbonyl (C=O) groups excluding carboxylic acids is 1. The molecule has 0 bridgehead atoms. The molecule has 3 aromatic rings. The Labute approximate surface area is 199 Å². The van der Waals surface area contributed by atoms with Crippen molar-refractivity contribution in [3.63, 3.8) is 0 Å². The van der Waals surface area contributed by atoms with Gasteiger partial charge in [-0.15, -0.1) is 0 Å². The van der Waals surface area contributed by atoms with Crippen LogP contribution in [0.1, 0.15) is 47.6 Å². The predicted octanol–water partition coefficient (Wildman–Crippen LogP) is 4.01. The van der Waals surface area contributed by atoms with Crippen LogP contribution in [0, 0.1) is 5.92 Å². The number of piperidine rings is 1. The van der Waals surface area contributed by atoms with Crippen molar-refractivity contribution >= 4 is 27.5 Å². The molecule has 0 saturated carbocycles. The van der Waals surface area contributed by atoms with Gasteiger partial charge in [0.05, 0.1) is 4.90 Å². The first kappa shape index (κ1) is 23.5. The van der Waals surface area contributed by atoms with Crippen LogP contribution in [0.15, 0.2) is 65.8 Å². The molecule has 0 aliphatic carbocycles. The fourth-order valence-electron chi connectivity index (χ4n) is 3.97. The van der Waals surface area contributed by atoms with Gasteiger partial charge in [0.1, 0.15) is 11.9 Å². The van der Waals surface area contributed by atoms with E-state index < -0.39 is 16.1 Å². The van der Waals surface area contributed by atoms with E-state index in [1.165, 1.54) is 16.4 Å². The van der Waals surface area contributed by atoms with Crippen LogP contribution in [0.5, 0.6) is 0 Å². The number of carbonyl (C=O) groups is 1. The summed E-state index contributed by atoms with van der Waals surface area (Å²) in [4.78, 5) is 17.7. The maximum absolute atomic E-state index is 13.1. The standard InChI is InChI=1S/C24H27ClN4O3S/c1-17-11-14-29(15-12-17)33(31,32)21-9-5-19(6-10-21)24(30)27-22(23-26-13-16-28(23)2)18-3-7-20(25)8-4-18/h3-10,13,16-17,22H,11-12,14-15H2,1-2H3,(H,27,30). The summed E-state index contributed by atoms with van der Waals surface area (Å²) in [5.74, 6) is 0.882. The zero-order chi connectivity index (χ0) is 23.6. The Morgan fingerprint density at radius 1 is 1.09 bits per heavy atom. The minimum absolute atomic E-state index is 0.201. The Hall–Kier alpha value is -2.68. The van der Waals surface area contributed by atoms with E-state index >= 15 is 0 Å². The molecule has 1 aliphatic rings. The summed E-state index contributed by atoms with van der Waals surface area (Å²) < 4.78 is 29.3. The van der Waals surface area contributed by atoms with E-state index in [4.69, 9.17) is 11.6 Å². The van der Waals surface area contributed by atoms with Crippen LogP contribution in [-0.4, -0.2) is 41.3 Å². The van der Waals surface area contributed by atoms with Crippen LogP contribution >= 0.6 is 11.6 Å². The summed E-state index contributed by atoms with van der Waals surface area (Å²) in [5, 5.41) is 3.61. The van der Waals surface area contributed by atoms with E-state index in [-0.39, 0.29) is 10.8 Å². The lowest BCUT2D eigenvalue weighted by Crippen LogP contribution is -2.37. The quantitative estimate of drug-likeness (QED) is 0.570. The molecule has 0 spiro atoms. The molecule has 174 valence electrons. The number of nitrogens with one attached hydrogen (secondary N) is 1. The zero-order valence-corrected chi connectivity index (χ0v) is 20.2. The number of halogens is 1. The summed E-state index contributed by atoms with van der Waals surface area (Å²) in [5.41, 5.74) is 1.20. The lowest BCUT2D eigenvalue weighted by Gasteiger charge is -2.29. The number of aryl methyl sites for hydroxylation is 1. The van der Waals surface area contributed by atoms with E-state index in [0.717, 1.165) is 18.4 Å². The third-order valence-electron chi connectivity index (χ3n) is 6.09. The zero-order valence-electron chi connectivity index (χ0n) is 18.6. The molecule has 0 radical (unpaired) electrons. The second-order valence-electron chi connectivity index (χ2n) is 8.47. The van der Waals surface area contributed by atoms with Crippen LogP contribution in [0.2, 0.25) is 5.02 Å². The molecule has 1 amide bonds. The Morgan fingerprint density at radius 2 is 1.73 bits per heavy atom. The molecule has 1 fully saturated rings. The first-order chi connectivity index (χ1) is 15.8. The first-order valence-electron chi connectivity index (χ1n) is 10.9. The third-order valence-corrected chi connectivity index (χ3v) is 8.26. The van der Waals surface area contributed by atoms with E-state index in [1.807, 2.05) is 29.9 Å². The molecule has 1 aliphatic heterocycles. The largest absolute Gasteiger partial charge is 0.338 e. The van der Waals surface area contributed by atoms with Gasteiger partial charge < -0.3 is 9.88 Å². The fourth-order valence-corrected chi connectivity index (χ4v) is 5.57. The van der Waals surface area contributed by atoms with Gasteiger partial charge >= 0.3 is 0 Å². The van der Waals surface area contributed by atoms with Crippen LogP contribution < -0.4 is 5.32 Å². The number of benzene rings is 2. The summed E-state index contributed by atoms with van der Waals surface area (Å²) in [7, 11) is -1.70. The van der Waals surface area contributed by atoms with Gasteiger partial charge in [0.25, 0.3) is 5.91 Å². The Balaban J connectivity index is 1.54. The molecule has 1 N–H and O–H groups in total. The maximum Gasteiger partial charge on any atom is 0.252 e. The van der Waals surface area contributed by atoms with E-state index in [0.29, 0.717) is 35.4 Å². The van der Waals surface area contributed by atoms with Crippen molar-refractivity contribution < 1.29 is 13.2 Å². The van der Waals surface area contributed by atoms with E-state index in [2.05, 4.69) is 17.2 Å². The molecule has 1 saturated heterocycles. The third kappa shape index (κ3) is 5.13. The molecule has 1 atom stereocenters. The minimum atomic E-state index is -3.56. The normalized spacial score (nSPS) is 16.5. The molecule has 7 nitrogen and oxygen atoms in total. The van der Waals surface area contributed by atoms with Crippen molar-refractivity contribution in [1.82, 2.24) is 19.2 Å². The van der Waals surface area contributed by atoms with E-state index in [9.17, 15) is 13.2 Å². The van der Waals surface area contributed by atoms with Gasteiger partial charge in [-0.1, -0.05) is 30.7 Å². The number of aromatic nitrogens is 2. The van der Waals surface area contributed by atoms with Gasteiger partial charge in [0, 0.05) is 43.1 Å². The number of hydrogen-bond acceptors (Lipinski definition) is 4. The highest BCUT2D eigenvalue weighted by Gasteiger charge is 2.28. The summed E-state index contributed by atoms with van der Waals surface area (Å²) in [6.45, 7) is 3.19. The number of imidazole rings is 1. The summed E-state index contributed by atoms with van der Waals surface area (Å²) in [6.07, 6.45) is 5.20. The summed E-state index contributed by atoms with van der Waals surface area (Å²) in [6, 6.07) is 12.8. The SMILES string of the molecule is CC1CCN(S(=O)(=O)c2ccc(C(=O)NC(c3ccc(Cl)cc3)c3nccn3C)cc2)CC1. The highest BCUT2D eigenvalue weighted by atomic mass is 35.5. The lowest BCUT2D eigenvalue weighted by molar-refractivity contribution is 0.0941. The molecule has 9 heteroatoms. The highest BCUT2D eigenvalue weighted by Crippen LogP contribution is 2.25. The Kier molecular flexibility index (Phi) is 6.88. The molecule has 33 heavy (non-hydrogen) atoms. The van der Waals surface area contributed by atoms with Crippen LogP contribution in [0.4, 0.5) is 0 Å². The Morgan fingerprint density at radius 3 is 2.30 bits per heavy atom. The number of rotatable bonds is 6. The molecule has 1 unspecified atom stereocenters. The maximum atomic E-state index is 13.1. The summed E-state index contributed by atoms with van der Waals surface area (Å²) >= 11 is 6.03. The molecule has 1 aromatic heterocycles. The number of nitrogens with zero attached hydrogens (tertiary/aromatic N) is 3. The van der Waals surface area contributed by atoms with E-state index in [1.54, 1.807) is 30.5 Å². The average molecular weight is 487 g/mol. The number of amides is 1. The molecular weight excluding hydrogens is 460 g/mol. The monoisotopic (exact) mass is 486 g/mol. The van der Waals surface area contributed by atoms with Crippen molar-refractivity contribution in [2.75, 3.05) is 13.1 Å². The molecule has 2 aromatic carbocycles. The van der Waals surface area contributed by atoms with Crippen molar-refractivity contribution in [2.24, 2.45) is 13.0 Å². The van der Waals surface area contributed by atoms with Crippen molar-refractivity contribution in [3.8, 4) is 0 Å². The minimum Gasteiger partial charge on any atom is -0.338 e. The van der Waals surface area contributed by atoms with Crippen molar-refractivity contribution in [1.29, 1.82) is 0 Å². The fraction of sp³-hybridized carbons (Fsp3) is 0.333.